The Morgan fingerprint density at radius 2 is 1.35 bits per heavy atom. The van der Waals surface area contributed by atoms with E-state index >= 15 is 0 Å². The van der Waals surface area contributed by atoms with E-state index in [1.165, 1.54) is 5.56 Å². The van der Waals surface area contributed by atoms with Crippen molar-refractivity contribution in [2.24, 2.45) is 0 Å². The van der Waals surface area contributed by atoms with Crippen molar-refractivity contribution >= 4 is 27.3 Å². The zero-order chi connectivity index (χ0) is 23.8. The van der Waals surface area contributed by atoms with Gasteiger partial charge in [-0.05, 0) is 42.0 Å². The first-order valence-corrected chi connectivity index (χ1v) is 11.7. The molecule has 0 radical (unpaired) electrons. The predicted octanol–water partition coefficient (Wildman–Crippen LogP) is 7.29. The molecule has 34 heavy (non-hydrogen) atoms. The standard InChI is InChI=1S/C28H27BrN2O3/c1-32-27-16-25(34-24-10-6-9-23(15-24)31-22-7-4-3-5-8-22)17-28(33-2)26(27)19-30-18-20-11-13-21(29)14-12-20/h3-17,30-31H,18-19H2,1-2H3. The molecule has 2 N–H and O–H groups in total. The molecule has 0 saturated carbocycles. The molecule has 0 aliphatic heterocycles. The number of hydrogen-bond acceptors (Lipinski definition) is 5. The molecule has 0 aromatic heterocycles. The fraction of sp³-hybridized carbons (Fsp3) is 0.143. The number of para-hydroxylation sites is 1. The van der Waals surface area contributed by atoms with Crippen LogP contribution >= 0.6 is 15.9 Å². The van der Waals surface area contributed by atoms with E-state index in [9.17, 15) is 0 Å². The van der Waals surface area contributed by atoms with Crippen LogP contribution in [0.3, 0.4) is 0 Å². The number of hydrogen-bond donors (Lipinski definition) is 2. The summed E-state index contributed by atoms with van der Waals surface area (Å²) in [6.07, 6.45) is 0. The molecular formula is C28H27BrN2O3. The molecule has 4 aromatic rings. The van der Waals surface area contributed by atoms with Crippen molar-refractivity contribution in [1.29, 1.82) is 0 Å². The highest BCUT2D eigenvalue weighted by atomic mass is 79.9. The van der Waals surface area contributed by atoms with E-state index in [-0.39, 0.29) is 0 Å². The summed E-state index contributed by atoms with van der Waals surface area (Å²) in [6, 6.07) is 29.9. The number of anilines is 2. The van der Waals surface area contributed by atoms with E-state index in [0.717, 1.165) is 28.0 Å². The lowest BCUT2D eigenvalue weighted by Crippen LogP contribution is -2.14. The van der Waals surface area contributed by atoms with Gasteiger partial charge in [-0.3, -0.25) is 0 Å². The van der Waals surface area contributed by atoms with Gasteiger partial charge in [0.15, 0.2) is 0 Å². The van der Waals surface area contributed by atoms with Gasteiger partial charge in [0, 0.05) is 47.1 Å². The van der Waals surface area contributed by atoms with Crippen LogP contribution < -0.4 is 24.8 Å². The number of benzene rings is 4. The van der Waals surface area contributed by atoms with Crippen molar-refractivity contribution in [3.8, 4) is 23.0 Å². The van der Waals surface area contributed by atoms with Crippen LogP contribution in [0.2, 0.25) is 0 Å². The van der Waals surface area contributed by atoms with Gasteiger partial charge in [0.2, 0.25) is 0 Å². The van der Waals surface area contributed by atoms with Crippen LogP contribution in [0.15, 0.2) is 95.5 Å². The summed E-state index contributed by atoms with van der Waals surface area (Å²) in [5.41, 5.74) is 4.10. The van der Waals surface area contributed by atoms with Gasteiger partial charge in [0.1, 0.15) is 23.0 Å². The maximum Gasteiger partial charge on any atom is 0.134 e. The number of halogens is 1. The van der Waals surface area contributed by atoms with Gasteiger partial charge in [-0.1, -0.05) is 52.3 Å². The lowest BCUT2D eigenvalue weighted by molar-refractivity contribution is 0.375. The van der Waals surface area contributed by atoms with Crippen LogP contribution in [0.5, 0.6) is 23.0 Å². The lowest BCUT2D eigenvalue weighted by Gasteiger charge is -2.17. The number of nitrogens with one attached hydrogen (secondary N) is 2. The van der Waals surface area contributed by atoms with Crippen LogP contribution in [0.1, 0.15) is 11.1 Å². The minimum atomic E-state index is 0.596. The second-order valence-corrected chi connectivity index (χ2v) is 8.57. The van der Waals surface area contributed by atoms with E-state index in [4.69, 9.17) is 14.2 Å². The third-order valence-electron chi connectivity index (χ3n) is 5.26. The van der Waals surface area contributed by atoms with Crippen LogP contribution in [-0.2, 0) is 13.1 Å². The van der Waals surface area contributed by atoms with Gasteiger partial charge in [0.05, 0.1) is 19.8 Å². The Hall–Kier alpha value is -3.48. The lowest BCUT2D eigenvalue weighted by atomic mass is 10.1. The summed E-state index contributed by atoms with van der Waals surface area (Å²) >= 11 is 3.47. The monoisotopic (exact) mass is 518 g/mol. The summed E-state index contributed by atoms with van der Waals surface area (Å²) in [6.45, 7) is 1.33. The SMILES string of the molecule is COc1cc(Oc2cccc(Nc3ccccc3)c2)cc(OC)c1CNCc1ccc(Br)cc1. The first kappa shape index (κ1) is 23.7. The average Bonchev–Trinajstić information content (AvgIpc) is 2.86. The van der Waals surface area contributed by atoms with Crippen LogP contribution in [0.4, 0.5) is 11.4 Å². The largest absolute Gasteiger partial charge is 0.496 e. The quantitative estimate of drug-likeness (QED) is 0.230. The summed E-state index contributed by atoms with van der Waals surface area (Å²) in [7, 11) is 3.31. The van der Waals surface area contributed by atoms with Crippen molar-refractivity contribution in [3.63, 3.8) is 0 Å². The highest BCUT2D eigenvalue weighted by Gasteiger charge is 2.14. The van der Waals surface area contributed by atoms with E-state index in [1.54, 1.807) is 14.2 Å². The molecule has 0 saturated heterocycles. The fourth-order valence-electron chi connectivity index (χ4n) is 3.59. The Morgan fingerprint density at radius 1 is 0.676 bits per heavy atom. The zero-order valence-corrected chi connectivity index (χ0v) is 20.8. The number of methoxy groups -OCH3 is 2. The van der Waals surface area contributed by atoms with Gasteiger partial charge >= 0.3 is 0 Å². The molecule has 4 rings (SSSR count). The normalized spacial score (nSPS) is 10.6. The second-order valence-electron chi connectivity index (χ2n) is 7.66. The second kappa shape index (κ2) is 11.6. The van der Waals surface area contributed by atoms with Crippen LogP contribution in [0, 0.1) is 0 Å². The van der Waals surface area contributed by atoms with E-state index in [2.05, 4.69) is 38.7 Å². The molecule has 0 spiro atoms. The molecule has 4 aromatic carbocycles. The molecule has 0 aliphatic rings. The van der Waals surface area contributed by atoms with Gasteiger partial charge < -0.3 is 24.8 Å². The van der Waals surface area contributed by atoms with Gasteiger partial charge in [-0.15, -0.1) is 0 Å². The van der Waals surface area contributed by atoms with E-state index < -0.39 is 0 Å². The third-order valence-corrected chi connectivity index (χ3v) is 5.79. The first-order chi connectivity index (χ1) is 16.6. The third kappa shape index (κ3) is 6.31. The van der Waals surface area contributed by atoms with Crippen molar-refractivity contribution in [2.45, 2.75) is 13.1 Å². The summed E-state index contributed by atoms with van der Waals surface area (Å²) in [5.74, 6) is 2.76. The molecule has 174 valence electrons. The van der Waals surface area contributed by atoms with Crippen molar-refractivity contribution in [2.75, 3.05) is 19.5 Å². The highest BCUT2D eigenvalue weighted by Crippen LogP contribution is 2.36. The molecule has 0 amide bonds. The Kier molecular flexibility index (Phi) is 8.07. The Bertz CT molecular complexity index is 1190. The van der Waals surface area contributed by atoms with Gasteiger partial charge in [-0.2, -0.15) is 0 Å². The Morgan fingerprint density at radius 3 is 2.03 bits per heavy atom. The molecule has 0 fully saturated rings. The molecule has 0 aliphatic carbocycles. The van der Waals surface area contributed by atoms with Gasteiger partial charge in [-0.25, -0.2) is 0 Å². The van der Waals surface area contributed by atoms with Crippen LogP contribution in [-0.4, -0.2) is 14.2 Å². The fourth-order valence-corrected chi connectivity index (χ4v) is 3.85. The van der Waals surface area contributed by atoms with Gasteiger partial charge in [0.25, 0.3) is 0 Å². The molecule has 0 unspecified atom stereocenters. The zero-order valence-electron chi connectivity index (χ0n) is 19.2. The highest BCUT2D eigenvalue weighted by molar-refractivity contribution is 9.10. The smallest absolute Gasteiger partial charge is 0.134 e. The van der Waals surface area contributed by atoms with Crippen molar-refractivity contribution in [1.82, 2.24) is 5.32 Å². The average molecular weight is 519 g/mol. The minimum absolute atomic E-state index is 0.596. The molecule has 6 heteroatoms. The van der Waals surface area contributed by atoms with Crippen LogP contribution in [0.25, 0.3) is 0 Å². The van der Waals surface area contributed by atoms with E-state index in [1.807, 2.05) is 78.9 Å². The first-order valence-electron chi connectivity index (χ1n) is 10.9. The molecular weight excluding hydrogens is 492 g/mol. The minimum Gasteiger partial charge on any atom is -0.496 e. The maximum absolute atomic E-state index is 6.16. The summed E-state index contributed by atoms with van der Waals surface area (Å²) in [4.78, 5) is 0. The summed E-state index contributed by atoms with van der Waals surface area (Å²) < 4.78 is 18.6. The molecule has 0 bridgehead atoms. The Balaban J connectivity index is 1.47. The Labute approximate surface area is 208 Å². The molecule has 0 atom stereocenters. The topological polar surface area (TPSA) is 51.8 Å². The molecule has 0 heterocycles. The molecule has 5 nitrogen and oxygen atoms in total. The maximum atomic E-state index is 6.16. The number of rotatable bonds is 10. The predicted molar refractivity (Wildman–Crippen MR) is 140 cm³/mol. The van der Waals surface area contributed by atoms with E-state index in [0.29, 0.717) is 29.5 Å². The summed E-state index contributed by atoms with van der Waals surface area (Å²) in [5, 5.41) is 6.85. The van der Waals surface area contributed by atoms with Crippen molar-refractivity contribution < 1.29 is 14.2 Å². The van der Waals surface area contributed by atoms with Crippen molar-refractivity contribution in [3.05, 3.63) is 107 Å². The number of ether oxygens (including phenoxy) is 3.